The van der Waals surface area contributed by atoms with Crippen molar-refractivity contribution in [3.05, 3.63) is 71.7 Å². The maximum Gasteiger partial charge on any atom is 0.490 e. The smallest absolute Gasteiger partial charge is 0.475 e. The van der Waals surface area contributed by atoms with Gasteiger partial charge >= 0.3 is 12.1 Å². The Bertz CT molecular complexity index is 1140. The fraction of sp³-hybridized carbons (Fsp3) is 0.333. The molecule has 4 rings (SSSR count). The van der Waals surface area contributed by atoms with E-state index in [1.165, 1.54) is 5.56 Å². The van der Waals surface area contributed by atoms with Crippen LogP contribution >= 0.6 is 0 Å². The summed E-state index contributed by atoms with van der Waals surface area (Å²) in [4.78, 5) is 27.8. The highest BCUT2D eigenvalue weighted by Gasteiger charge is 2.38. The number of carbonyl (C=O) groups excluding carboxylic acids is 1. The number of pyridine rings is 1. The number of piperidine rings is 1. The summed E-state index contributed by atoms with van der Waals surface area (Å²) in [6.45, 7) is 3.07. The van der Waals surface area contributed by atoms with Gasteiger partial charge in [0, 0.05) is 24.8 Å². The van der Waals surface area contributed by atoms with Crippen LogP contribution in [-0.2, 0) is 16.8 Å². The molecule has 1 aromatic carbocycles. The van der Waals surface area contributed by atoms with Crippen molar-refractivity contribution < 1.29 is 33.0 Å². The second-order valence-corrected chi connectivity index (χ2v) is 8.06. The summed E-state index contributed by atoms with van der Waals surface area (Å²) < 4.78 is 31.7. The number of likely N-dealkylation sites (tertiary alicyclic amines) is 1. The van der Waals surface area contributed by atoms with Crippen LogP contribution < -0.4 is 0 Å². The molecule has 0 aliphatic carbocycles. The number of nitrogens with one attached hydrogen (secondary N) is 1. The topological polar surface area (TPSA) is 119 Å². The molecule has 8 nitrogen and oxygen atoms in total. The average molecular weight is 490 g/mol. The summed E-state index contributed by atoms with van der Waals surface area (Å²) in [5.41, 5.74) is 3.17. The standard InChI is InChI=1S/C22H24N4O2.C2HF3O2/c1-2-16-6-8-17(9-7-16)18-15-19(25-24-18)21(27)26-13-10-22(28,11-14-26)20-5-3-4-12-23-20;3-2(4,5)1(6)7/h3-9,12,15,28H,2,10-11,13-14H2,1H3,(H,24,25);(H,6,7). The lowest BCUT2D eigenvalue weighted by molar-refractivity contribution is -0.192. The molecule has 2 aromatic heterocycles. The van der Waals surface area contributed by atoms with Gasteiger partial charge in [-0.2, -0.15) is 18.3 Å². The van der Waals surface area contributed by atoms with E-state index in [0.717, 1.165) is 17.7 Å². The van der Waals surface area contributed by atoms with Crippen LogP contribution in [0, 0.1) is 0 Å². The molecule has 1 aliphatic rings. The lowest BCUT2D eigenvalue weighted by Crippen LogP contribution is -2.45. The Balaban J connectivity index is 0.000000429. The van der Waals surface area contributed by atoms with Crippen LogP contribution in [0.1, 0.15) is 41.5 Å². The minimum atomic E-state index is -5.08. The van der Waals surface area contributed by atoms with Crippen LogP contribution in [-0.4, -0.2) is 61.4 Å². The van der Waals surface area contributed by atoms with Gasteiger partial charge in [0.25, 0.3) is 5.91 Å². The third kappa shape index (κ3) is 6.44. The molecule has 35 heavy (non-hydrogen) atoms. The van der Waals surface area contributed by atoms with Gasteiger partial charge in [-0.25, -0.2) is 4.79 Å². The number of halogens is 3. The molecule has 1 fully saturated rings. The van der Waals surface area contributed by atoms with Crippen LogP contribution in [0.2, 0.25) is 0 Å². The Morgan fingerprint density at radius 3 is 2.26 bits per heavy atom. The molecule has 3 aromatic rings. The minimum Gasteiger partial charge on any atom is -0.475 e. The Morgan fingerprint density at radius 2 is 1.74 bits per heavy atom. The summed E-state index contributed by atoms with van der Waals surface area (Å²) in [5.74, 6) is -2.85. The zero-order chi connectivity index (χ0) is 25.6. The number of benzene rings is 1. The van der Waals surface area contributed by atoms with E-state index < -0.39 is 17.7 Å². The molecule has 1 aliphatic heterocycles. The summed E-state index contributed by atoms with van der Waals surface area (Å²) in [6, 6.07) is 15.5. The number of carboxylic acid groups (broad SMARTS) is 1. The zero-order valence-corrected chi connectivity index (χ0v) is 18.9. The zero-order valence-electron chi connectivity index (χ0n) is 18.9. The summed E-state index contributed by atoms with van der Waals surface area (Å²) in [7, 11) is 0. The van der Waals surface area contributed by atoms with E-state index in [2.05, 4.69) is 34.2 Å². The van der Waals surface area contributed by atoms with Crippen molar-refractivity contribution in [2.75, 3.05) is 13.1 Å². The SMILES string of the molecule is CCc1ccc(-c2cc(C(=O)N3CCC(O)(c4ccccn4)CC3)[nH]n2)cc1.O=C(O)C(F)(F)F. The summed E-state index contributed by atoms with van der Waals surface area (Å²) in [5, 5.41) is 25.2. The normalized spacial score (nSPS) is 15.2. The number of aryl methyl sites for hydroxylation is 1. The van der Waals surface area contributed by atoms with Crippen molar-refractivity contribution in [3.8, 4) is 11.3 Å². The van der Waals surface area contributed by atoms with Crippen LogP contribution in [0.3, 0.4) is 0 Å². The van der Waals surface area contributed by atoms with E-state index >= 15 is 0 Å². The monoisotopic (exact) mass is 490 g/mol. The van der Waals surface area contributed by atoms with Crippen molar-refractivity contribution in [2.24, 2.45) is 0 Å². The number of alkyl halides is 3. The van der Waals surface area contributed by atoms with E-state index in [1.54, 1.807) is 17.2 Å². The van der Waals surface area contributed by atoms with E-state index in [4.69, 9.17) is 9.90 Å². The Labute approximate surface area is 199 Å². The molecule has 1 amide bonds. The van der Waals surface area contributed by atoms with Gasteiger partial charge in [0.2, 0.25) is 0 Å². The van der Waals surface area contributed by atoms with Crippen molar-refractivity contribution in [3.63, 3.8) is 0 Å². The maximum absolute atomic E-state index is 12.8. The molecular formula is C24H25F3N4O4. The second kappa shape index (κ2) is 10.7. The van der Waals surface area contributed by atoms with Gasteiger partial charge < -0.3 is 15.1 Å². The number of aromatic amines is 1. The first kappa shape index (κ1) is 25.9. The van der Waals surface area contributed by atoms with E-state index in [9.17, 15) is 23.1 Å². The maximum atomic E-state index is 12.8. The highest BCUT2D eigenvalue weighted by atomic mass is 19.4. The van der Waals surface area contributed by atoms with Crippen LogP contribution in [0.5, 0.6) is 0 Å². The van der Waals surface area contributed by atoms with Gasteiger partial charge in [-0.05, 0) is 43.0 Å². The Morgan fingerprint density at radius 1 is 1.11 bits per heavy atom. The summed E-state index contributed by atoms with van der Waals surface area (Å²) in [6.07, 6.45) is -1.47. The molecule has 1 saturated heterocycles. The number of aromatic nitrogens is 3. The number of carbonyl (C=O) groups is 2. The molecule has 3 heterocycles. The fourth-order valence-corrected chi connectivity index (χ4v) is 3.63. The summed E-state index contributed by atoms with van der Waals surface area (Å²) >= 11 is 0. The van der Waals surface area contributed by atoms with Gasteiger partial charge in [-0.1, -0.05) is 37.3 Å². The Kier molecular flexibility index (Phi) is 7.90. The molecule has 3 N–H and O–H groups in total. The first-order valence-electron chi connectivity index (χ1n) is 10.9. The number of hydrogen-bond donors (Lipinski definition) is 3. The largest absolute Gasteiger partial charge is 0.490 e. The van der Waals surface area contributed by atoms with E-state index in [1.807, 2.05) is 30.3 Å². The minimum absolute atomic E-state index is 0.0907. The first-order valence-corrected chi connectivity index (χ1v) is 10.9. The number of hydrogen-bond acceptors (Lipinski definition) is 5. The van der Waals surface area contributed by atoms with Crippen LogP contribution in [0.4, 0.5) is 13.2 Å². The number of carboxylic acids is 1. The first-order chi connectivity index (χ1) is 16.5. The molecule has 0 radical (unpaired) electrons. The van der Waals surface area contributed by atoms with Crippen molar-refractivity contribution >= 4 is 11.9 Å². The van der Waals surface area contributed by atoms with Crippen LogP contribution in [0.25, 0.3) is 11.3 Å². The number of rotatable bonds is 4. The number of aliphatic hydroxyl groups is 1. The van der Waals surface area contributed by atoms with Gasteiger partial charge in [0.05, 0.1) is 11.4 Å². The molecule has 186 valence electrons. The van der Waals surface area contributed by atoms with Crippen molar-refractivity contribution in [1.82, 2.24) is 20.1 Å². The van der Waals surface area contributed by atoms with Crippen molar-refractivity contribution in [1.29, 1.82) is 0 Å². The molecule has 0 bridgehead atoms. The molecule has 0 spiro atoms. The van der Waals surface area contributed by atoms with Gasteiger partial charge in [-0.15, -0.1) is 0 Å². The molecule has 11 heteroatoms. The fourth-order valence-electron chi connectivity index (χ4n) is 3.63. The predicted octanol–water partition coefficient (Wildman–Crippen LogP) is 3.79. The Hall–Kier alpha value is -3.73. The molecule has 0 atom stereocenters. The highest BCUT2D eigenvalue weighted by molar-refractivity contribution is 5.93. The third-order valence-corrected chi connectivity index (χ3v) is 5.73. The lowest BCUT2D eigenvalue weighted by Gasteiger charge is -2.37. The van der Waals surface area contributed by atoms with Gasteiger partial charge in [0.15, 0.2) is 0 Å². The van der Waals surface area contributed by atoms with Crippen molar-refractivity contribution in [2.45, 2.75) is 38.0 Å². The lowest BCUT2D eigenvalue weighted by atomic mass is 9.87. The number of nitrogens with zero attached hydrogens (tertiary/aromatic N) is 3. The number of aliphatic carboxylic acids is 1. The molecular weight excluding hydrogens is 465 g/mol. The van der Waals surface area contributed by atoms with Crippen LogP contribution in [0.15, 0.2) is 54.7 Å². The predicted molar refractivity (Wildman–Crippen MR) is 120 cm³/mol. The number of H-pyrrole nitrogens is 1. The average Bonchev–Trinajstić information content (AvgIpc) is 3.35. The highest BCUT2D eigenvalue weighted by Crippen LogP contribution is 2.32. The quantitative estimate of drug-likeness (QED) is 0.512. The number of amides is 1. The third-order valence-electron chi connectivity index (χ3n) is 5.73. The molecule has 0 saturated carbocycles. The van der Waals surface area contributed by atoms with Gasteiger partial charge in [-0.3, -0.25) is 14.9 Å². The van der Waals surface area contributed by atoms with E-state index in [0.29, 0.717) is 37.3 Å². The van der Waals surface area contributed by atoms with Gasteiger partial charge in [0.1, 0.15) is 11.3 Å². The second-order valence-electron chi connectivity index (χ2n) is 8.06. The van der Waals surface area contributed by atoms with E-state index in [-0.39, 0.29) is 5.91 Å². The molecule has 0 unspecified atom stereocenters.